The van der Waals surface area contributed by atoms with Crippen LogP contribution in [-0.2, 0) is 12.8 Å². The first-order valence-electron chi connectivity index (χ1n) is 15.7. The summed E-state index contributed by atoms with van der Waals surface area (Å²) >= 11 is 0. The Bertz CT molecular complexity index is 2890. The summed E-state index contributed by atoms with van der Waals surface area (Å²) in [4.78, 5) is 6.71. The van der Waals surface area contributed by atoms with Crippen LogP contribution >= 0.6 is 0 Å². The van der Waals surface area contributed by atoms with E-state index >= 15 is 17.6 Å². The number of rotatable bonds is 3. The maximum Gasteiger partial charge on any atom is 0.573 e. The lowest BCUT2D eigenvalue weighted by Crippen LogP contribution is -2.25. The highest BCUT2D eigenvalue weighted by molar-refractivity contribution is 5.93. The van der Waals surface area contributed by atoms with Crippen molar-refractivity contribution in [3.63, 3.8) is 0 Å². The fraction of sp³-hybridized carbons (Fsp3) is 0.100. The van der Waals surface area contributed by atoms with Gasteiger partial charge in [0.2, 0.25) is 17.4 Å². The lowest BCUT2D eigenvalue weighted by Gasteiger charge is -2.15. The Kier molecular flexibility index (Phi) is 8.63. The van der Waals surface area contributed by atoms with Gasteiger partial charge in [-0.05, 0) is 87.5 Å². The van der Waals surface area contributed by atoms with Gasteiger partial charge in [-0.3, -0.25) is 0 Å². The molecule has 0 atom stereocenters. The molecule has 0 fully saturated rings. The number of hydrogen-bond acceptors (Lipinski definition) is 3. The normalized spacial score (nSPS) is 13.4. The van der Waals surface area contributed by atoms with Gasteiger partial charge in [0.05, 0.1) is 36.4 Å². The molecule has 0 N–H and O–H groups in total. The summed E-state index contributed by atoms with van der Waals surface area (Å²) in [5.41, 5.74) is -3.69. The van der Waals surface area contributed by atoms with E-state index in [1.165, 1.54) is 18.2 Å². The molecule has 0 spiro atoms. The highest BCUT2D eigenvalue weighted by Gasteiger charge is 2.38. The van der Waals surface area contributed by atoms with Crippen LogP contribution in [0.2, 0.25) is 0 Å². The minimum absolute atomic E-state index is 0.0179. The van der Waals surface area contributed by atoms with Gasteiger partial charge < -0.3 is 4.74 Å². The molecule has 7 rings (SSSR count). The number of ether oxygens (including phenoxy) is 1. The van der Waals surface area contributed by atoms with Crippen LogP contribution in [0.25, 0.3) is 65.6 Å². The molecular formula is C40H13F11N4O. The Hall–Kier alpha value is -7.17. The molecule has 276 valence electrons. The molecule has 16 heteroatoms. The Morgan fingerprint density at radius 3 is 1.32 bits per heavy atom. The van der Waals surface area contributed by atoms with Crippen LogP contribution < -0.4 is 15.2 Å². The molecule has 5 nitrogen and oxygen atoms in total. The van der Waals surface area contributed by atoms with Gasteiger partial charge in [-0.15, -0.1) is 13.2 Å². The first kappa shape index (κ1) is 37.2. The molecule has 5 aromatic rings. The lowest BCUT2D eigenvalue weighted by atomic mass is 9.90. The quantitative estimate of drug-likeness (QED) is 0.102. The smallest absolute Gasteiger partial charge is 0.399 e. The number of hydrogen-bond donors (Lipinski definition) is 0. The van der Waals surface area contributed by atoms with E-state index < -0.39 is 92.3 Å². The van der Waals surface area contributed by atoms with E-state index in [1.807, 2.05) is 0 Å². The minimum Gasteiger partial charge on any atom is -0.399 e. The van der Waals surface area contributed by atoms with Gasteiger partial charge in [-0.1, -0.05) is 24.3 Å². The molecule has 0 aromatic heterocycles. The monoisotopic (exact) mass is 774 g/mol. The maximum atomic E-state index is 15.2. The first-order valence-corrected chi connectivity index (χ1v) is 15.7. The molecule has 0 amide bonds. The van der Waals surface area contributed by atoms with Crippen LogP contribution in [0.15, 0.2) is 36.4 Å². The molecule has 0 aliphatic heterocycles. The van der Waals surface area contributed by atoms with Gasteiger partial charge >= 0.3 is 6.36 Å². The largest absolute Gasteiger partial charge is 0.573 e. The molecule has 5 aromatic carbocycles. The minimum atomic E-state index is -5.70. The van der Waals surface area contributed by atoms with Crippen LogP contribution in [-0.4, -0.2) is 6.36 Å². The fourth-order valence-electron chi connectivity index (χ4n) is 7.32. The second kappa shape index (κ2) is 13.0. The highest BCUT2D eigenvalue weighted by atomic mass is 19.4. The van der Waals surface area contributed by atoms with E-state index in [9.17, 15) is 41.3 Å². The zero-order valence-electron chi connectivity index (χ0n) is 27.7. The van der Waals surface area contributed by atoms with Crippen molar-refractivity contribution in [3.8, 4) is 62.4 Å². The third-order valence-electron chi connectivity index (χ3n) is 9.60. The summed E-state index contributed by atoms with van der Waals surface area (Å²) in [5, 5.41) is 20.2. The molecule has 2 aliphatic carbocycles. The van der Waals surface area contributed by atoms with Crippen LogP contribution in [0.5, 0.6) is 5.75 Å². The van der Waals surface area contributed by atoms with Crippen molar-refractivity contribution in [1.82, 2.24) is 0 Å². The van der Waals surface area contributed by atoms with E-state index in [4.69, 9.17) is 13.1 Å². The number of benzene rings is 5. The second-order valence-electron chi connectivity index (χ2n) is 12.5. The van der Waals surface area contributed by atoms with Crippen molar-refractivity contribution in [2.45, 2.75) is 26.1 Å². The van der Waals surface area contributed by atoms with Crippen molar-refractivity contribution in [2.75, 3.05) is 0 Å². The predicted molar refractivity (Wildman–Crippen MR) is 175 cm³/mol. The van der Waals surface area contributed by atoms with E-state index in [0.29, 0.717) is 0 Å². The van der Waals surface area contributed by atoms with Crippen molar-refractivity contribution in [1.29, 1.82) is 10.5 Å². The van der Waals surface area contributed by atoms with Gasteiger partial charge in [0.1, 0.15) is 0 Å². The average molecular weight is 775 g/mol. The number of fused-ring (bicyclic) bond motifs is 6. The average Bonchev–Trinajstić information content (AvgIpc) is 3.73. The number of alkyl halides is 3. The molecule has 0 radical (unpaired) electrons. The summed E-state index contributed by atoms with van der Waals surface area (Å²) in [7, 11) is 0. The fourth-order valence-corrected chi connectivity index (χ4v) is 7.32. The zero-order valence-corrected chi connectivity index (χ0v) is 27.7. The van der Waals surface area contributed by atoms with Crippen molar-refractivity contribution < 1.29 is 53.0 Å². The zero-order chi connectivity index (χ0) is 40.7. The summed E-state index contributed by atoms with van der Waals surface area (Å²) in [6.07, 6.45) is -6.20. The van der Waals surface area contributed by atoms with E-state index in [1.54, 1.807) is 12.1 Å². The van der Waals surface area contributed by atoms with Gasteiger partial charge in [0.25, 0.3) is 11.4 Å². The van der Waals surface area contributed by atoms with E-state index in [0.717, 1.165) is 25.1 Å². The summed E-state index contributed by atoms with van der Waals surface area (Å²) in [5.74, 6) is -18.3. The Labute approximate surface area is 307 Å². The predicted octanol–water partition coefficient (Wildman–Crippen LogP) is 9.58. The Morgan fingerprint density at radius 1 is 0.607 bits per heavy atom. The summed E-state index contributed by atoms with van der Waals surface area (Å²) in [6.45, 7) is 16.5. The number of nitrogens with zero attached hydrogens (tertiary/aromatic N) is 4. The van der Waals surface area contributed by atoms with Gasteiger partial charge in [-0.2, -0.15) is 8.78 Å². The molecule has 0 heterocycles. The SMILES string of the molecule is [C-]#[N+]/C(C#N)=c1/c2c(/c(=C(\C#N)[N+]#[C-])c3c1-c1ccc(-c4c(F)c(F)c(C)c(F)c4F)cc1C3)-c1ccc(-c3c(F)c(F)c(OC(F)(F)F)c(F)c3F)cc1C2. The molecule has 0 unspecified atom stereocenters. The van der Waals surface area contributed by atoms with E-state index in [2.05, 4.69) is 14.4 Å². The topological polar surface area (TPSA) is 65.5 Å². The van der Waals surface area contributed by atoms with Gasteiger partial charge in [-0.25, -0.2) is 46.6 Å². The van der Waals surface area contributed by atoms with Crippen molar-refractivity contribution >= 4 is 11.4 Å². The molecular weight excluding hydrogens is 761 g/mol. The third-order valence-corrected chi connectivity index (χ3v) is 9.60. The van der Waals surface area contributed by atoms with Crippen LogP contribution in [0.3, 0.4) is 0 Å². The summed E-state index contributed by atoms with van der Waals surface area (Å²) in [6, 6.07) is 10.5. The molecule has 2 aliphatic rings. The number of halogens is 11. The Morgan fingerprint density at radius 2 is 0.982 bits per heavy atom. The van der Waals surface area contributed by atoms with Crippen molar-refractivity contribution in [3.05, 3.63) is 144 Å². The van der Waals surface area contributed by atoms with Crippen LogP contribution in [0.1, 0.15) is 27.8 Å². The van der Waals surface area contributed by atoms with Gasteiger partial charge in [0.15, 0.2) is 34.9 Å². The van der Waals surface area contributed by atoms with E-state index in [-0.39, 0.29) is 73.4 Å². The van der Waals surface area contributed by atoms with Gasteiger partial charge in [0, 0.05) is 16.0 Å². The third kappa shape index (κ3) is 5.33. The van der Waals surface area contributed by atoms with Crippen LogP contribution in [0, 0.1) is 89.3 Å². The first-order chi connectivity index (χ1) is 26.5. The standard InChI is InChI=1S/C40H13F11N4O/c1-14-31(41)33(43)25(34(44)32(14)42)15-4-6-19-17(8-15)10-21-27(19)30(24(13-53)55-3)22-11-18-9-16(5-7-20(18)28(22)29(21)23(12-52)54-2)26-35(45)37(47)39(38(48)36(26)46)56-40(49,50)51/h4-9H,10-11H2,1H3/b29-23+,30-24-. The van der Waals surface area contributed by atoms with Crippen LogP contribution in [0.4, 0.5) is 48.3 Å². The lowest BCUT2D eigenvalue weighted by molar-refractivity contribution is -0.276. The highest BCUT2D eigenvalue weighted by Crippen LogP contribution is 2.45. The molecule has 0 bridgehead atoms. The second-order valence-corrected chi connectivity index (χ2v) is 12.5. The molecule has 0 saturated carbocycles. The number of nitriles is 2. The van der Waals surface area contributed by atoms with Crippen molar-refractivity contribution in [2.24, 2.45) is 0 Å². The Balaban J connectivity index is 1.50. The molecule has 56 heavy (non-hydrogen) atoms. The maximum absolute atomic E-state index is 15.2. The molecule has 0 saturated heterocycles. The summed E-state index contributed by atoms with van der Waals surface area (Å²) < 4.78 is 160.